The summed E-state index contributed by atoms with van der Waals surface area (Å²) in [5.41, 5.74) is 2.98. The highest BCUT2D eigenvalue weighted by atomic mass is 19.1. The van der Waals surface area contributed by atoms with Crippen LogP contribution in [0, 0.1) is 12.7 Å². The van der Waals surface area contributed by atoms with E-state index in [1.165, 1.54) is 16.6 Å². The first kappa shape index (κ1) is 23.7. The Morgan fingerprint density at radius 2 is 1.69 bits per heavy atom. The molecule has 9 heteroatoms. The molecule has 1 fully saturated rings. The molecule has 1 aliphatic rings. The summed E-state index contributed by atoms with van der Waals surface area (Å²) in [6.45, 7) is 7.11. The summed E-state index contributed by atoms with van der Waals surface area (Å²) < 4.78 is 16.5. The van der Waals surface area contributed by atoms with Crippen molar-refractivity contribution in [3.05, 3.63) is 82.0 Å². The third kappa shape index (κ3) is 4.48. The van der Waals surface area contributed by atoms with Gasteiger partial charge in [0, 0.05) is 61.7 Å². The first-order valence-corrected chi connectivity index (χ1v) is 12.3. The van der Waals surface area contributed by atoms with Gasteiger partial charge < -0.3 is 14.4 Å². The van der Waals surface area contributed by atoms with Crippen LogP contribution in [0.25, 0.3) is 17.2 Å². The monoisotopic (exact) mass is 488 g/mol. The molecule has 0 aliphatic carbocycles. The highest BCUT2D eigenvalue weighted by molar-refractivity contribution is 5.77. The van der Waals surface area contributed by atoms with Gasteiger partial charge in [-0.15, -0.1) is 5.10 Å². The zero-order valence-corrected chi connectivity index (χ0v) is 20.5. The van der Waals surface area contributed by atoms with E-state index < -0.39 is 0 Å². The lowest BCUT2D eigenvalue weighted by Crippen LogP contribution is -2.49. The van der Waals surface area contributed by atoms with E-state index in [0.29, 0.717) is 56.3 Å². The highest BCUT2D eigenvalue weighted by Gasteiger charge is 2.23. The molecule has 1 saturated heterocycles. The maximum atomic E-state index is 13.4. The fraction of sp³-hybridized carbons (Fsp3) is 0.333. The minimum absolute atomic E-state index is 0.0271. The van der Waals surface area contributed by atoms with Crippen LogP contribution >= 0.6 is 0 Å². The molecule has 1 aliphatic heterocycles. The second kappa shape index (κ2) is 9.93. The Hall–Kier alpha value is -4.01. The lowest BCUT2D eigenvalue weighted by molar-refractivity contribution is -0.131. The van der Waals surface area contributed by atoms with E-state index in [4.69, 9.17) is 0 Å². The number of nitrogens with zero attached hydrogens (tertiary/aromatic N) is 6. The van der Waals surface area contributed by atoms with Crippen LogP contribution in [-0.4, -0.2) is 56.2 Å². The van der Waals surface area contributed by atoms with Gasteiger partial charge in [-0.3, -0.25) is 9.59 Å². The normalized spacial score (nSPS) is 14.0. The molecule has 0 atom stereocenters. The molecule has 2 aromatic heterocycles. The van der Waals surface area contributed by atoms with Crippen molar-refractivity contribution in [1.82, 2.24) is 24.1 Å². The molecule has 0 radical (unpaired) electrons. The SMILES string of the molecule is CCn1c(C)c(CCC(=O)N2CCN(c3ccc(F)cc3)CC2)c(=O)n2nc(-c3ccccc3)nc12. The highest BCUT2D eigenvalue weighted by Crippen LogP contribution is 2.19. The van der Waals surface area contributed by atoms with Crippen LogP contribution in [0.3, 0.4) is 0 Å². The number of benzene rings is 2. The van der Waals surface area contributed by atoms with Crippen LogP contribution in [0.5, 0.6) is 0 Å². The first-order valence-electron chi connectivity index (χ1n) is 12.3. The van der Waals surface area contributed by atoms with Gasteiger partial charge in [0.15, 0.2) is 5.82 Å². The third-order valence-corrected chi connectivity index (χ3v) is 6.88. The van der Waals surface area contributed by atoms with Crippen molar-refractivity contribution in [1.29, 1.82) is 0 Å². The van der Waals surface area contributed by atoms with Crippen LogP contribution in [-0.2, 0) is 17.8 Å². The molecule has 0 unspecified atom stereocenters. The van der Waals surface area contributed by atoms with Gasteiger partial charge >= 0.3 is 0 Å². The van der Waals surface area contributed by atoms with E-state index in [2.05, 4.69) is 15.0 Å². The second-order valence-corrected chi connectivity index (χ2v) is 8.97. The largest absolute Gasteiger partial charge is 0.368 e. The van der Waals surface area contributed by atoms with E-state index in [9.17, 15) is 14.0 Å². The van der Waals surface area contributed by atoms with E-state index >= 15 is 0 Å². The fourth-order valence-corrected chi connectivity index (χ4v) is 4.84. The summed E-state index contributed by atoms with van der Waals surface area (Å²) in [4.78, 5) is 35.0. The van der Waals surface area contributed by atoms with Gasteiger partial charge in [-0.2, -0.15) is 9.50 Å². The van der Waals surface area contributed by atoms with Crippen LogP contribution in [0.1, 0.15) is 24.6 Å². The molecule has 2 aromatic carbocycles. The molecule has 1 amide bonds. The third-order valence-electron chi connectivity index (χ3n) is 6.88. The minimum Gasteiger partial charge on any atom is -0.368 e. The molecular weight excluding hydrogens is 459 g/mol. The lowest BCUT2D eigenvalue weighted by Gasteiger charge is -2.36. The smallest absolute Gasteiger partial charge is 0.279 e. The number of halogens is 1. The Labute approximate surface area is 208 Å². The topological polar surface area (TPSA) is 75.7 Å². The van der Waals surface area contributed by atoms with E-state index in [-0.39, 0.29) is 23.7 Å². The molecule has 0 bridgehead atoms. The maximum absolute atomic E-state index is 13.4. The van der Waals surface area contributed by atoms with Crippen molar-refractivity contribution in [2.45, 2.75) is 33.2 Å². The molecule has 8 nitrogen and oxygen atoms in total. The molecule has 0 spiro atoms. The van der Waals surface area contributed by atoms with Crippen molar-refractivity contribution < 1.29 is 9.18 Å². The maximum Gasteiger partial charge on any atom is 0.279 e. The van der Waals surface area contributed by atoms with Crippen molar-refractivity contribution in [2.24, 2.45) is 0 Å². The lowest BCUT2D eigenvalue weighted by atomic mass is 10.1. The second-order valence-electron chi connectivity index (χ2n) is 8.97. The number of aromatic nitrogens is 4. The molecule has 0 N–H and O–H groups in total. The van der Waals surface area contributed by atoms with Gasteiger partial charge in [-0.05, 0) is 44.5 Å². The van der Waals surface area contributed by atoms with Crippen LogP contribution in [0.15, 0.2) is 59.4 Å². The van der Waals surface area contributed by atoms with Crippen molar-refractivity contribution in [2.75, 3.05) is 31.1 Å². The Bertz CT molecular complexity index is 1440. The number of fused-ring (bicyclic) bond motifs is 1. The zero-order valence-electron chi connectivity index (χ0n) is 20.5. The fourth-order valence-electron chi connectivity index (χ4n) is 4.84. The summed E-state index contributed by atoms with van der Waals surface area (Å²) in [6.07, 6.45) is 0.597. The molecule has 4 aromatic rings. The number of hydrogen-bond donors (Lipinski definition) is 0. The molecule has 5 rings (SSSR count). The zero-order chi connectivity index (χ0) is 25.2. The van der Waals surface area contributed by atoms with Crippen LogP contribution < -0.4 is 10.5 Å². The molecule has 3 heterocycles. The number of aryl methyl sites for hydroxylation is 1. The van der Waals surface area contributed by atoms with E-state index in [1.807, 2.05) is 53.6 Å². The Morgan fingerprint density at radius 1 is 1.00 bits per heavy atom. The van der Waals surface area contributed by atoms with Gasteiger partial charge in [-0.1, -0.05) is 30.3 Å². The number of carbonyl (C=O) groups excluding carboxylic acids is 1. The molecule has 186 valence electrons. The van der Waals surface area contributed by atoms with Gasteiger partial charge in [-0.25, -0.2) is 4.39 Å². The first-order chi connectivity index (χ1) is 17.5. The molecule has 0 saturated carbocycles. The van der Waals surface area contributed by atoms with E-state index in [0.717, 1.165) is 16.9 Å². The quantitative estimate of drug-likeness (QED) is 0.416. The number of amides is 1. The summed E-state index contributed by atoms with van der Waals surface area (Å²) >= 11 is 0. The van der Waals surface area contributed by atoms with Crippen LogP contribution in [0.4, 0.5) is 10.1 Å². The molecular formula is C27H29FN6O2. The minimum atomic E-state index is -0.259. The van der Waals surface area contributed by atoms with Crippen molar-refractivity contribution in [3.8, 4) is 11.4 Å². The van der Waals surface area contributed by atoms with Gasteiger partial charge in [0.2, 0.25) is 11.7 Å². The Morgan fingerprint density at radius 3 is 2.36 bits per heavy atom. The predicted molar refractivity (Wildman–Crippen MR) is 137 cm³/mol. The van der Waals surface area contributed by atoms with Gasteiger partial charge in [0.1, 0.15) is 5.82 Å². The van der Waals surface area contributed by atoms with Gasteiger partial charge in [0.25, 0.3) is 5.56 Å². The Balaban J connectivity index is 1.31. The van der Waals surface area contributed by atoms with Crippen LogP contribution in [0.2, 0.25) is 0 Å². The summed E-state index contributed by atoms with van der Waals surface area (Å²) in [5.74, 6) is 0.775. The Kier molecular flexibility index (Phi) is 6.54. The standard InChI is InChI=1S/C27H29FN6O2/c1-3-33-19(2)23(26(36)34-27(33)29-25(30-34)20-7-5-4-6-8-20)13-14-24(35)32-17-15-31(16-18-32)22-11-9-21(28)10-12-22/h4-12H,3,13-18H2,1-2H3. The number of anilines is 1. The summed E-state index contributed by atoms with van der Waals surface area (Å²) in [7, 11) is 0. The van der Waals surface area contributed by atoms with Gasteiger partial charge in [0.05, 0.1) is 0 Å². The number of hydrogen-bond acceptors (Lipinski definition) is 5. The summed E-state index contributed by atoms with van der Waals surface area (Å²) in [5, 5.41) is 4.50. The number of piperazine rings is 1. The average molecular weight is 489 g/mol. The predicted octanol–water partition coefficient (Wildman–Crippen LogP) is 3.31. The van der Waals surface area contributed by atoms with E-state index in [1.54, 1.807) is 12.1 Å². The number of rotatable bonds is 6. The number of carbonyl (C=O) groups is 1. The van der Waals surface area contributed by atoms with Crippen molar-refractivity contribution in [3.63, 3.8) is 0 Å². The summed E-state index contributed by atoms with van der Waals surface area (Å²) in [6, 6.07) is 16.0. The van der Waals surface area contributed by atoms with Crippen molar-refractivity contribution >= 4 is 17.4 Å². The molecule has 36 heavy (non-hydrogen) atoms. The average Bonchev–Trinajstić information content (AvgIpc) is 3.35.